The maximum atomic E-state index is 3.11. The Morgan fingerprint density at radius 2 is 1.55 bits per heavy atom. The number of hydrogen-bond acceptors (Lipinski definition) is 0. The van der Waals surface area contributed by atoms with Gasteiger partial charge in [-0.05, 0) is 40.6 Å². The molecule has 0 radical (unpaired) electrons. The third-order valence-corrected chi connectivity index (χ3v) is 44.7. The average molecular weight is 282 g/mol. The van der Waals surface area contributed by atoms with E-state index in [0.717, 1.165) is 0 Å². The highest BCUT2D eigenvalue weighted by Gasteiger charge is 2.21. The van der Waals surface area contributed by atoms with E-state index in [1.165, 1.54) is 8.27 Å². The average Bonchev–Trinajstić information content (AvgIpc) is 1.85. The zero-order valence-corrected chi connectivity index (χ0v) is 14.3. The van der Waals surface area contributed by atoms with E-state index in [4.69, 9.17) is 0 Å². The van der Waals surface area contributed by atoms with Crippen LogP contribution in [0.15, 0.2) is 0 Å². The van der Waals surface area contributed by atoms with Gasteiger partial charge >= 0.3 is 0 Å². The molecular weight excluding hydrogens is 265 g/mol. The highest BCUT2D eigenvalue weighted by molar-refractivity contribution is 9.04. The fourth-order valence-electron chi connectivity index (χ4n) is 0.716. The lowest BCUT2D eigenvalue weighted by atomic mass is 11.9. The van der Waals surface area contributed by atoms with Crippen LogP contribution >= 0.6 is 55.0 Å². The molecule has 0 heterocycles. The van der Waals surface area contributed by atoms with Gasteiger partial charge in [0.2, 0.25) is 0 Å². The summed E-state index contributed by atoms with van der Waals surface area (Å²) in [6.45, 7) is 10.4. The summed E-state index contributed by atoms with van der Waals surface area (Å²) in [7, 11) is 7.96. The first-order valence-electron chi connectivity index (χ1n) is 3.18. The lowest BCUT2D eigenvalue weighted by Gasteiger charge is -2.30. The van der Waals surface area contributed by atoms with Gasteiger partial charge in [0.25, 0.3) is 0 Å². The first kappa shape index (κ1) is 14.0. The van der Waals surface area contributed by atoms with Crippen molar-refractivity contribution in [3.8, 4) is 0 Å². The molecular formula is C4H17P7. The highest BCUT2D eigenvalue weighted by atomic mass is 33.0. The predicted molar refractivity (Wildman–Crippen MR) is 79.1 cm³/mol. The van der Waals surface area contributed by atoms with Crippen molar-refractivity contribution in [1.29, 1.82) is 0 Å². The van der Waals surface area contributed by atoms with Gasteiger partial charge in [0, 0.05) is 0 Å². The topological polar surface area (TPSA) is 0 Å². The van der Waals surface area contributed by atoms with Crippen molar-refractivity contribution >= 4 is 55.0 Å². The second-order valence-corrected chi connectivity index (χ2v) is 30.7. The van der Waals surface area contributed by atoms with Gasteiger partial charge < -0.3 is 0 Å². The summed E-state index contributed by atoms with van der Waals surface area (Å²) < 4.78 is 0. The van der Waals surface area contributed by atoms with Gasteiger partial charge in [0.15, 0.2) is 0 Å². The van der Waals surface area contributed by atoms with Gasteiger partial charge in [-0.25, -0.2) is 0 Å². The van der Waals surface area contributed by atoms with Gasteiger partial charge in [-0.2, -0.15) is 0 Å². The summed E-state index contributed by atoms with van der Waals surface area (Å²) in [6, 6.07) is 0. The van der Waals surface area contributed by atoms with Gasteiger partial charge in [-0.15, -0.1) is 17.9 Å². The fraction of sp³-hybridized carbons (Fsp3) is 1.00. The minimum atomic E-state index is 0.277. The Kier molecular flexibility index (Phi) is 9.32. The largest absolute Gasteiger partial charge is 0.106 e. The Morgan fingerprint density at radius 1 is 1.09 bits per heavy atom. The van der Waals surface area contributed by atoms with Crippen LogP contribution in [0.5, 0.6) is 0 Å². The first-order valence-corrected chi connectivity index (χ1v) is 17.6. The van der Waals surface area contributed by atoms with E-state index >= 15 is 0 Å². The van der Waals surface area contributed by atoms with E-state index in [1.807, 2.05) is 0 Å². The van der Waals surface area contributed by atoms with E-state index in [9.17, 15) is 0 Å². The summed E-state index contributed by atoms with van der Waals surface area (Å²) >= 11 is 0. The molecule has 6 unspecified atom stereocenters. The predicted octanol–water partition coefficient (Wildman–Crippen LogP) is 5.35. The van der Waals surface area contributed by atoms with E-state index < -0.39 is 0 Å². The second kappa shape index (κ2) is 7.32. The standard InChI is InChI=1S/C4H17P7/c1-7-10(6)11(8(2)3)9(4)5/h7H,5-6H2,1-4H3. The van der Waals surface area contributed by atoms with Gasteiger partial charge in [0.05, 0.1) is 0 Å². The maximum Gasteiger partial charge on any atom is -0.0198 e. The van der Waals surface area contributed by atoms with Crippen molar-refractivity contribution < 1.29 is 0 Å². The SMILES string of the molecule is CPP(P)P(P(C)C)P(C)P. The van der Waals surface area contributed by atoms with Crippen LogP contribution in [0.2, 0.25) is 0 Å². The summed E-state index contributed by atoms with van der Waals surface area (Å²) in [5.74, 6) is 0. The third-order valence-electron chi connectivity index (χ3n) is 1.06. The molecule has 0 aromatic heterocycles. The molecule has 0 amide bonds. The van der Waals surface area contributed by atoms with E-state index in [1.54, 1.807) is 0 Å². The van der Waals surface area contributed by atoms with Crippen molar-refractivity contribution in [2.75, 3.05) is 26.7 Å². The molecule has 0 nitrogen and oxygen atoms in total. The van der Waals surface area contributed by atoms with Crippen LogP contribution in [0.25, 0.3) is 0 Å². The Bertz CT molecular complexity index is 94.6. The zero-order valence-electron chi connectivity index (χ0n) is 7.44. The smallest absolute Gasteiger partial charge is 0.0198 e. The molecule has 0 rings (SSSR count). The van der Waals surface area contributed by atoms with Crippen LogP contribution in [0.4, 0.5) is 0 Å². The van der Waals surface area contributed by atoms with Crippen molar-refractivity contribution in [1.82, 2.24) is 0 Å². The Balaban J connectivity index is 4.09. The zero-order chi connectivity index (χ0) is 9.02. The molecule has 0 aliphatic rings. The molecule has 0 aliphatic heterocycles. The highest BCUT2D eigenvalue weighted by Crippen LogP contribution is 3.05. The normalized spacial score (nSPS) is 21.0. The van der Waals surface area contributed by atoms with Gasteiger partial charge in [-0.3, -0.25) is 0 Å². The fourth-order valence-corrected chi connectivity index (χ4v) is 57.4. The Labute approximate surface area is 81.8 Å². The van der Waals surface area contributed by atoms with Crippen LogP contribution in [0.1, 0.15) is 0 Å². The van der Waals surface area contributed by atoms with E-state index in [2.05, 4.69) is 44.5 Å². The lowest BCUT2D eigenvalue weighted by molar-refractivity contribution is 2.30. The van der Waals surface area contributed by atoms with Crippen molar-refractivity contribution in [2.24, 2.45) is 0 Å². The Hall–Kier alpha value is 3.01. The molecule has 0 aromatic rings. The minimum absolute atomic E-state index is 0.277. The van der Waals surface area contributed by atoms with Crippen LogP contribution in [-0.4, -0.2) is 26.7 Å². The summed E-state index contributed by atoms with van der Waals surface area (Å²) in [5, 5.41) is 0. The van der Waals surface area contributed by atoms with Crippen LogP contribution in [-0.2, 0) is 0 Å². The molecule has 11 heavy (non-hydrogen) atoms. The molecule has 7 heteroatoms. The molecule has 0 bridgehead atoms. The van der Waals surface area contributed by atoms with Crippen molar-refractivity contribution in [2.45, 2.75) is 0 Å². The monoisotopic (exact) mass is 282 g/mol. The summed E-state index contributed by atoms with van der Waals surface area (Å²) in [6.07, 6.45) is 0. The molecule has 68 valence electrons. The molecule has 0 N–H and O–H groups in total. The minimum Gasteiger partial charge on any atom is -0.106 e. The van der Waals surface area contributed by atoms with Gasteiger partial charge in [0.1, 0.15) is 0 Å². The number of rotatable bonds is 4. The van der Waals surface area contributed by atoms with Crippen LogP contribution in [0.3, 0.4) is 0 Å². The van der Waals surface area contributed by atoms with Crippen LogP contribution < -0.4 is 0 Å². The molecule has 0 saturated heterocycles. The molecule has 0 fully saturated rings. The molecule has 6 atom stereocenters. The van der Waals surface area contributed by atoms with E-state index in [-0.39, 0.29) is 7.30 Å². The number of hydrogen-bond donors (Lipinski definition) is 0. The third kappa shape index (κ3) is 5.45. The van der Waals surface area contributed by atoms with Crippen molar-refractivity contribution in [3.63, 3.8) is 0 Å². The van der Waals surface area contributed by atoms with Crippen LogP contribution in [0, 0.1) is 0 Å². The van der Waals surface area contributed by atoms with E-state index in [0.29, 0.717) is 21.6 Å². The molecule has 0 aromatic carbocycles. The summed E-state index contributed by atoms with van der Waals surface area (Å²) in [5.41, 5.74) is 0. The molecule has 0 aliphatic carbocycles. The van der Waals surface area contributed by atoms with Crippen molar-refractivity contribution in [3.05, 3.63) is 0 Å². The van der Waals surface area contributed by atoms with Gasteiger partial charge in [-0.1, -0.05) is 23.2 Å². The second-order valence-electron chi connectivity index (χ2n) is 2.26. The lowest BCUT2D eigenvalue weighted by Crippen LogP contribution is -1.58. The first-order chi connectivity index (χ1) is 5.00. The molecule has 0 spiro atoms. The maximum absolute atomic E-state index is 3.11. The summed E-state index contributed by atoms with van der Waals surface area (Å²) in [4.78, 5) is 0. The molecule has 0 saturated carbocycles. The quantitative estimate of drug-likeness (QED) is 0.609. The Morgan fingerprint density at radius 3 is 1.64 bits per heavy atom.